The van der Waals surface area contributed by atoms with E-state index in [9.17, 15) is 4.79 Å². The lowest BCUT2D eigenvalue weighted by molar-refractivity contribution is -0.0229. The highest BCUT2D eigenvalue weighted by Gasteiger charge is 2.30. The Kier molecular flexibility index (Phi) is 5.11. The van der Waals surface area contributed by atoms with Crippen LogP contribution in [0.1, 0.15) is 47.9 Å². The molecule has 25 heavy (non-hydrogen) atoms. The van der Waals surface area contributed by atoms with Gasteiger partial charge in [0.1, 0.15) is 11.1 Å². The lowest BCUT2D eigenvalue weighted by Crippen LogP contribution is -2.42. The minimum absolute atomic E-state index is 0.0185. The summed E-state index contributed by atoms with van der Waals surface area (Å²) in [6, 6.07) is 7.60. The lowest BCUT2D eigenvalue weighted by Gasteiger charge is -2.32. The second-order valence-electron chi connectivity index (χ2n) is 7.23. The van der Waals surface area contributed by atoms with Crippen LogP contribution in [-0.2, 0) is 10.2 Å². The predicted octanol–water partition coefficient (Wildman–Crippen LogP) is 3.70. The molecular weight excluding hydrogens is 334 g/mol. The van der Waals surface area contributed by atoms with Crippen molar-refractivity contribution in [3.63, 3.8) is 0 Å². The van der Waals surface area contributed by atoms with Crippen LogP contribution >= 0.6 is 11.3 Å². The van der Waals surface area contributed by atoms with Crippen molar-refractivity contribution in [3.8, 4) is 0 Å². The zero-order valence-electron chi connectivity index (χ0n) is 15.2. The maximum Gasteiger partial charge on any atom is 0.256 e. The molecule has 6 heteroatoms. The van der Waals surface area contributed by atoms with Crippen molar-refractivity contribution in [1.82, 2.24) is 9.88 Å². The van der Waals surface area contributed by atoms with Gasteiger partial charge in [0, 0.05) is 30.1 Å². The van der Waals surface area contributed by atoms with Crippen molar-refractivity contribution in [3.05, 3.63) is 45.9 Å². The van der Waals surface area contributed by atoms with Gasteiger partial charge in [-0.25, -0.2) is 4.98 Å². The van der Waals surface area contributed by atoms with E-state index < -0.39 is 0 Å². The van der Waals surface area contributed by atoms with E-state index in [0.717, 1.165) is 16.4 Å². The smallest absolute Gasteiger partial charge is 0.256 e. The molecule has 1 fully saturated rings. The second kappa shape index (κ2) is 7.14. The van der Waals surface area contributed by atoms with Crippen molar-refractivity contribution in [1.29, 1.82) is 0 Å². The molecule has 1 aliphatic heterocycles. The van der Waals surface area contributed by atoms with Crippen LogP contribution in [-0.4, -0.2) is 42.5 Å². The molecule has 1 aliphatic rings. The van der Waals surface area contributed by atoms with Gasteiger partial charge in [-0.05, 0) is 12.1 Å². The van der Waals surface area contributed by atoms with Crippen molar-refractivity contribution < 1.29 is 9.53 Å². The topological polar surface area (TPSA) is 54.5 Å². The number of aromatic nitrogens is 1. The summed E-state index contributed by atoms with van der Waals surface area (Å²) in [7, 11) is 1.83. The van der Waals surface area contributed by atoms with Crippen molar-refractivity contribution in [2.24, 2.45) is 0 Å². The van der Waals surface area contributed by atoms with Crippen LogP contribution in [0.25, 0.3) is 0 Å². The van der Waals surface area contributed by atoms with Gasteiger partial charge in [0.25, 0.3) is 5.91 Å². The second-order valence-corrected chi connectivity index (χ2v) is 8.12. The Labute approximate surface area is 153 Å². The molecule has 5 nitrogen and oxygen atoms in total. The number of rotatable bonds is 3. The summed E-state index contributed by atoms with van der Waals surface area (Å²) in [5.74, 6) is 0.0332. The molecule has 1 N–H and O–H groups in total. The summed E-state index contributed by atoms with van der Waals surface area (Å²) in [6.07, 6.45) is -0.152. The van der Waals surface area contributed by atoms with E-state index in [-0.39, 0.29) is 17.4 Å². The lowest BCUT2D eigenvalue weighted by atomic mass is 9.93. The molecular formula is C19H25N3O2S. The molecule has 1 atom stereocenters. The van der Waals surface area contributed by atoms with Crippen molar-refractivity contribution >= 4 is 22.9 Å². The Morgan fingerprint density at radius 2 is 2.12 bits per heavy atom. The first-order valence-corrected chi connectivity index (χ1v) is 9.41. The molecule has 1 unspecified atom stereocenters. The molecule has 1 amide bonds. The van der Waals surface area contributed by atoms with Gasteiger partial charge in [-0.1, -0.05) is 32.9 Å². The fourth-order valence-electron chi connectivity index (χ4n) is 2.82. The van der Waals surface area contributed by atoms with E-state index in [4.69, 9.17) is 9.72 Å². The first-order valence-electron chi connectivity index (χ1n) is 8.53. The molecule has 3 rings (SSSR count). The number of thiazole rings is 1. The fraction of sp³-hybridized carbons (Fsp3) is 0.474. The van der Waals surface area contributed by atoms with Crippen LogP contribution in [0.4, 0.5) is 5.69 Å². The summed E-state index contributed by atoms with van der Waals surface area (Å²) >= 11 is 1.61. The number of benzene rings is 1. The molecule has 2 heterocycles. The summed E-state index contributed by atoms with van der Waals surface area (Å²) < 4.78 is 5.90. The van der Waals surface area contributed by atoms with Crippen LogP contribution < -0.4 is 5.32 Å². The number of amides is 1. The number of morpholine rings is 1. The third kappa shape index (κ3) is 3.85. The Hall–Kier alpha value is -1.92. The van der Waals surface area contributed by atoms with E-state index in [1.807, 2.05) is 36.2 Å². The average Bonchev–Trinajstić information content (AvgIpc) is 3.12. The molecule has 1 aromatic carbocycles. The minimum atomic E-state index is -0.152. The predicted molar refractivity (Wildman–Crippen MR) is 101 cm³/mol. The van der Waals surface area contributed by atoms with Gasteiger partial charge in [-0.3, -0.25) is 4.79 Å². The maximum atomic E-state index is 12.9. The minimum Gasteiger partial charge on any atom is -0.387 e. The summed E-state index contributed by atoms with van der Waals surface area (Å²) in [5.41, 5.74) is 2.63. The van der Waals surface area contributed by atoms with Crippen LogP contribution in [0.5, 0.6) is 0 Å². The number of carbonyl (C=O) groups is 1. The normalized spacial score (nSPS) is 18.2. The van der Waals surface area contributed by atoms with Crippen molar-refractivity contribution in [2.45, 2.75) is 32.3 Å². The highest BCUT2D eigenvalue weighted by Crippen LogP contribution is 2.30. The number of hydrogen-bond acceptors (Lipinski definition) is 5. The number of nitrogens with one attached hydrogen (secondary N) is 1. The van der Waals surface area contributed by atoms with Gasteiger partial charge in [-0.15, -0.1) is 11.3 Å². The van der Waals surface area contributed by atoms with E-state index in [1.165, 1.54) is 0 Å². The largest absolute Gasteiger partial charge is 0.387 e. The van der Waals surface area contributed by atoms with Crippen LogP contribution in [0, 0.1) is 0 Å². The van der Waals surface area contributed by atoms with Crippen molar-refractivity contribution in [2.75, 3.05) is 32.1 Å². The zero-order chi connectivity index (χ0) is 18.0. The Morgan fingerprint density at radius 3 is 2.80 bits per heavy atom. The number of nitrogens with zero attached hydrogens (tertiary/aromatic N) is 2. The van der Waals surface area contributed by atoms with E-state index >= 15 is 0 Å². The average molecular weight is 359 g/mol. The molecule has 0 saturated carbocycles. The van der Waals surface area contributed by atoms with Crippen LogP contribution in [0.15, 0.2) is 29.6 Å². The molecule has 1 saturated heterocycles. The van der Waals surface area contributed by atoms with Gasteiger partial charge in [0.15, 0.2) is 0 Å². The molecule has 2 aromatic rings. The van der Waals surface area contributed by atoms with Gasteiger partial charge >= 0.3 is 0 Å². The highest BCUT2D eigenvalue weighted by atomic mass is 32.1. The molecule has 0 radical (unpaired) electrons. The number of para-hydroxylation sites is 1. The Bertz CT molecular complexity index is 751. The van der Waals surface area contributed by atoms with E-state index in [1.54, 1.807) is 11.3 Å². The maximum absolute atomic E-state index is 12.9. The third-order valence-corrected chi connectivity index (χ3v) is 5.28. The molecule has 134 valence electrons. The monoisotopic (exact) mass is 359 g/mol. The summed E-state index contributed by atoms with van der Waals surface area (Å²) in [6.45, 7) is 8.12. The molecule has 1 aromatic heterocycles. The molecule has 0 spiro atoms. The fourth-order valence-corrected chi connectivity index (χ4v) is 3.91. The highest BCUT2D eigenvalue weighted by molar-refractivity contribution is 7.09. The first kappa shape index (κ1) is 17.9. The zero-order valence-corrected chi connectivity index (χ0v) is 16.0. The summed E-state index contributed by atoms with van der Waals surface area (Å²) in [5, 5.41) is 6.13. The van der Waals surface area contributed by atoms with Gasteiger partial charge in [-0.2, -0.15) is 0 Å². The molecule has 0 aliphatic carbocycles. The quantitative estimate of drug-likeness (QED) is 0.908. The van der Waals surface area contributed by atoms with E-state index in [0.29, 0.717) is 25.3 Å². The Morgan fingerprint density at radius 1 is 1.36 bits per heavy atom. The standard InChI is InChI=1S/C19H25N3O2S/c1-19(2,3)16-12-25-17(21-16)15-11-22(9-10-24-15)18(23)13-7-5-6-8-14(13)20-4/h5-8,12,15,20H,9-11H2,1-4H3. The van der Waals surface area contributed by atoms with Crippen LogP contribution in [0.3, 0.4) is 0 Å². The third-order valence-electron chi connectivity index (χ3n) is 4.35. The summed E-state index contributed by atoms with van der Waals surface area (Å²) in [4.78, 5) is 19.5. The SMILES string of the molecule is CNc1ccccc1C(=O)N1CCOC(c2nc(C(C)(C)C)cs2)C1. The van der Waals surface area contributed by atoms with Gasteiger partial charge < -0.3 is 15.0 Å². The Balaban J connectivity index is 1.77. The van der Waals surface area contributed by atoms with Gasteiger partial charge in [0.05, 0.1) is 24.4 Å². The van der Waals surface area contributed by atoms with E-state index in [2.05, 4.69) is 31.5 Å². The first-order chi connectivity index (χ1) is 11.9. The number of anilines is 1. The van der Waals surface area contributed by atoms with Crippen LogP contribution in [0.2, 0.25) is 0 Å². The van der Waals surface area contributed by atoms with Gasteiger partial charge in [0.2, 0.25) is 0 Å². The number of carbonyl (C=O) groups excluding carboxylic acids is 1. The number of hydrogen-bond donors (Lipinski definition) is 1. The number of ether oxygens (including phenoxy) is 1. The molecule has 0 bridgehead atoms.